The minimum absolute atomic E-state index is 0.646. The number of nitrogens with zero attached hydrogens (tertiary/aromatic N) is 6. The number of thiophene rings is 1. The Morgan fingerprint density at radius 2 is 0.628 bits per heavy atom. The first-order chi connectivity index (χ1) is 56.0. The van der Waals surface area contributed by atoms with Crippen molar-refractivity contribution in [3.05, 3.63) is 376 Å². The molecule has 0 spiro atoms. The van der Waals surface area contributed by atoms with Crippen molar-refractivity contribution in [1.29, 1.82) is 0 Å². The molecule has 0 aliphatic heterocycles. The zero-order valence-corrected chi connectivity index (χ0v) is 61.5. The van der Waals surface area contributed by atoms with Crippen molar-refractivity contribution in [2.75, 3.05) is 0 Å². The van der Waals surface area contributed by atoms with Gasteiger partial charge >= 0.3 is 0 Å². The van der Waals surface area contributed by atoms with Crippen molar-refractivity contribution in [3.8, 4) is 90.0 Å². The quantitative estimate of drug-likeness (QED) is 0.143. The molecule has 0 saturated carbocycles. The molecular formula is C104H62N6O2S. The van der Waals surface area contributed by atoms with Crippen LogP contribution in [0, 0.1) is 0 Å². The van der Waals surface area contributed by atoms with E-state index in [0.717, 1.165) is 159 Å². The van der Waals surface area contributed by atoms with Crippen molar-refractivity contribution in [2.24, 2.45) is 0 Å². The van der Waals surface area contributed by atoms with E-state index in [0.29, 0.717) is 11.6 Å². The van der Waals surface area contributed by atoms with Gasteiger partial charge in [-0.2, -0.15) is 0 Å². The van der Waals surface area contributed by atoms with Gasteiger partial charge in [-0.3, -0.25) is 0 Å². The molecule has 0 N–H and O–H groups in total. The Morgan fingerprint density at radius 1 is 0.248 bits per heavy atom. The lowest BCUT2D eigenvalue weighted by Crippen LogP contribution is -1.95. The normalized spacial score (nSPS) is 11.9. The van der Waals surface area contributed by atoms with Gasteiger partial charge in [0.15, 0.2) is 11.6 Å². The highest BCUT2D eigenvalue weighted by molar-refractivity contribution is 7.26. The van der Waals surface area contributed by atoms with Crippen LogP contribution in [0.3, 0.4) is 0 Å². The lowest BCUT2D eigenvalue weighted by Gasteiger charge is -2.11. The van der Waals surface area contributed by atoms with Crippen LogP contribution in [0.25, 0.3) is 230 Å². The van der Waals surface area contributed by atoms with Crippen LogP contribution in [0.15, 0.2) is 385 Å². The molecule has 0 aliphatic carbocycles. The van der Waals surface area contributed by atoms with Crippen LogP contribution in [0.5, 0.6) is 0 Å². The van der Waals surface area contributed by atoms with Gasteiger partial charge in [-0.15, -0.1) is 11.3 Å². The van der Waals surface area contributed by atoms with Crippen molar-refractivity contribution >= 4 is 152 Å². The van der Waals surface area contributed by atoms with Crippen molar-refractivity contribution < 1.29 is 8.83 Å². The number of hydrogen-bond acceptors (Lipinski definition) is 7. The predicted octanol–water partition coefficient (Wildman–Crippen LogP) is 28.4. The van der Waals surface area contributed by atoms with Crippen LogP contribution in [0.1, 0.15) is 0 Å². The number of furan rings is 2. The SMILES string of the molecule is c1ccc(-c2ccc(-c3nc(-c4cc5ccccc5c5c4oc4ccc(-c6ccc7c(c6)c6ccccc6n7-c6ccccc6)cc45)nc4c3sc3ccccc34)cc2)cc1.c1ccc(-c2nc(-c3cc4ccccc4c4c3oc3ccc(-c5ccc6c(c5)c5ccccc5n6-c5ccccc5)cc34)nc3ccccc23)cc1. The van der Waals surface area contributed by atoms with Gasteiger partial charge in [-0.25, -0.2) is 19.9 Å². The average Bonchev–Trinajstić information content (AvgIpc) is 1.58. The summed E-state index contributed by atoms with van der Waals surface area (Å²) in [4.78, 5) is 21.2. The number of aromatic nitrogens is 6. The monoisotopic (exact) mass is 1460 g/mol. The number of fused-ring (bicyclic) bond motifs is 20. The van der Waals surface area contributed by atoms with Crippen LogP contribution in [0.4, 0.5) is 0 Å². The van der Waals surface area contributed by atoms with E-state index in [2.05, 4.69) is 367 Å². The van der Waals surface area contributed by atoms with Gasteiger partial charge in [0.25, 0.3) is 0 Å². The van der Waals surface area contributed by atoms with Crippen molar-refractivity contribution in [3.63, 3.8) is 0 Å². The summed E-state index contributed by atoms with van der Waals surface area (Å²) in [5, 5.41) is 15.9. The summed E-state index contributed by atoms with van der Waals surface area (Å²) >= 11 is 1.75. The van der Waals surface area contributed by atoms with E-state index in [1.165, 1.54) is 59.4 Å². The fraction of sp³-hybridized carbons (Fsp3) is 0. The molecule has 9 heteroatoms. The van der Waals surface area contributed by atoms with Crippen LogP contribution in [0.2, 0.25) is 0 Å². The van der Waals surface area contributed by atoms with Crippen LogP contribution < -0.4 is 0 Å². The minimum Gasteiger partial charge on any atom is -0.455 e. The molecule has 24 rings (SSSR count). The summed E-state index contributed by atoms with van der Waals surface area (Å²) in [7, 11) is 0. The van der Waals surface area contributed by atoms with Gasteiger partial charge in [0.1, 0.15) is 22.3 Å². The second kappa shape index (κ2) is 25.9. The molecule has 0 atom stereocenters. The maximum atomic E-state index is 6.93. The molecule has 0 fully saturated rings. The lowest BCUT2D eigenvalue weighted by atomic mass is 9.97. The third kappa shape index (κ3) is 10.5. The zero-order chi connectivity index (χ0) is 74.2. The van der Waals surface area contributed by atoms with Crippen LogP contribution in [-0.4, -0.2) is 29.1 Å². The van der Waals surface area contributed by atoms with E-state index in [1.807, 2.05) is 18.2 Å². The molecule has 526 valence electrons. The lowest BCUT2D eigenvalue weighted by molar-refractivity contribution is 0.669. The Labute approximate surface area is 651 Å². The van der Waals surface area contributed by atoms with E-state index < -0.39 is 0 Å². The minimum atomic E-state index is 0.646. The number of rotatable bonds is 9. The fourth-order valence-electron chi connectivity index (χ4n) is 17.3. The average molecular weight is 1460 g/mol. The summed E-state index contributed by atoms with van der Waals surface area (Å²) in [5.74, 6) is 1.29. The third-order valence-electron chi connectivity index (χ3n) is 22.6. The predicted molar refractivity (Wildman–Crippen MR) is 471 cm³/mol. The first kappa shape index (κ1) is 64.1. The Kier molecular flexibility index (Phi) is 14.7. The topological polar surface area (TPSA) is 87.7 Å². The highest BCUT2D eigenvalue weighted by atomic mass is 32.1. The molecule has 24 aromatic rings. The molecule has 0 aliphatic rings. The Bertz CT molecular complexity index is 7980. The summed E-state index contributed by atoms with van der Waals surface area (Å²) in [6.07, 6.45) is 0. The standard InChI is InChI=1S/C56H33N3OS.C48H29N3O/c1-3-13-34(14-4-1)35-23-25-36(26-24-35)52-55-53(43-20-10-12-22-50(43)61-55)58-56(57-52)46-33-39-15-7-8-18-41(39)51-45-32-38(28-30-49(45)60-54(46)51)37-27-29-48-44(31-37)42-19-9-11-21-47(42)59(48)40-16-5-2-6-17-40;1-3-13-30(14-4-1)46-37-20-9-11-21-41(37)49-48(50-46)40-29-33-15-7-8-18-35(33)45-39-28-32(24-26-44(39)52-47(40)45)31-23-25-43-38(27-31)36-19-10-12-22-42(36)51(43)34-16-5-2-6-17-34/h1-33H;1-29H. The molecule has 8 nitrogen and oxygen atoms in total. The second-order valence-corrected chi connectivity index (χ2v) is 30.1. The van der Waals surface area contributed by atoms with Crippen molar-refractivity contribution in [1.82, 2.24) is 29.1 Å². The number of hydrogen-bond donors (Lipinski definition) is 0. The first-order valence-corrected chi connectivity index (χ1v) is 39.0. The highest BCUT2D eigenvalue weighted by Crippen LogP contribution is 2.48. The summed E-state index contributed by atoms with van der Waals surface area (Å²) in [6, 6.07) is 133. The van der Waals surface area contributed by atoms with Gasteiger partial charge in [0.05, 0.1) is 60.3 Å². The van der Waals surface area contributed by atoms with E-state index in [-0.39, 0.29) is 0 Å². The molecule has 17 aromatic carbocycles. The van der Waals surface area contributed by atoms with Crippen molar-refractivity contribution in [2.45, 2.75) is 0 Å². The maximum Gasteiger partial charge on any atom is 0.164 e. The number of benzene rings is 17. The van der Waals surface area contributed by atoms with E-state index >= 15 is 0 Å². The third-order valence-corrected chi connectivity index (χ3v) is 23.7. The second-order valence-electron chi connectivity index (χ2n) is 29.1. The van der Waals surface area contributed by atoms with Crippen LogP contribution >= 0.6 is 11.3 Å². The molecule has 113 heavy (non-hydrogen) atoms. The number of para-hydroxylation sites is 5. The van der Waals surface area contributed by atoms with E-state index in [4.69, 9.17) is 28.8 Å². The van der Waals surface area contributed by atoms with Gasteiger partial charge in [0.2, 0.25) is 0 Å². The molecule has 0 unspecified atom stereocenters. The molecule has 0 amide bonds. The first-order valence-electron chi connectivity index (χ1n) is 38.1. The summed E-state index contributed by atoms with van der Waals surface area (Å²) in [6.45, 7) is 0. The molecule has 0 bridgehead atoms. The Morgan fingerprint density at radius 3 is 1.18 bits per heavy atom. The van der Waals surface area contributed by atoms with Gasteiger partial charge in [-0.1, -0.05) is 267 Å². The van der Waals surface area contributed by atoms with Gasteiger partial charge in [0, 0.05) is 81.1 Å². The summed E-state index contributed by atoms with van der Waals surface area (Å²) < 4.78 is 20.7. The largest absolute Gasteiger partial charge is 0.455 e. The smallest absolute Gasteiger partial charge is 0.164 e. The maximum absolute atomic E-state index is 6.93. The van der Waals surface area contributed by atoms with E-state index in [9.17, 15) is 0 Å². The molecule has 7 heterocycles. The van der Waals surface area contributed by atoms with Gasteiger partial charge < -0.3 is 18.0 Å². The highest BCUT2D eigenvalue weighted by Gasteiger charge is 2.26. The van der Waals surface area contributed by atoms with Crippen LogP contribution in [-0.2, 0) is 0 Å². The van der Waals surface area contributed by atoms with E-state index in [1.54, 1.807) is 11.3 Å². The Hall–Kier alpha value is -14.9. The van der Waals surface area contributed by atoms with Gasteiger partial charge in [-0.05, 0) is 164 Å². The molecular weight excluding hydrogens is 1400 g/mol. The summed E-state index contributed by atoms with van der Waals surface area (Å²) in [5.41, 5.74) is 24.8. The molecule has 7 aromatic heterocycles. The molecule has 0 saturated heterocycles. The zero-order valence-electron chi connectivity index (χ0n) is 60.7. The fourth-order valence-corrected chi connectivity index (χ4v) is 18.5. The molecule has 0 radical (unpaired) electrons. The Balaban J connectivity index is 0.000000136.